The van der Waals surface area contributed by atoms with Crippen LogP contribution < -0.4 is 9.47 Å². The molecule has 17 heavy (non-hydrogen) atoms. The van der Waals surface area contributed by atoms with Crippen LogP contribution in [0.25, 0.3) is 0 Å². The highest BCUT2D eigenvalue weighted by Crippen LogP contribution is 2.28. The molecule has 0 aliphatic rings. The Morgan fingerprint density at radius 2 is 1.88 bits per heavy atom. The molecule has 1 atom stereocenters. The van der Waals surface area contributed by atoms with Crippen molar-refractivity contribution in [3.05, 3.63) is 18.2 Å². The molecule has 0 saturated heterocycles. The largest absolute Gasteiger partial charge is 0.493 e. The second kappa shape index (κ2) is 7.29. The molecule has 0 spiro atoms. The number of methoxy groups -OCH3 is 2. The first-order valence-corrected chi connectivity index (χ1v) is 6.76. The second-order valence-electron chi connectivity index (χ2n) is 3.50. The van der Waals surface area contributed by atoms with E-state index in [-0.39, 0.29) is 6.61 Å². The molecule has 0 radical (unpaired) electrons. The Bertz CT molecular complexity index is 379. The number of unbranched alkanes of at least 4 members (excludes halogenated alkanes) is 1. The van der Waals surface area contributed by atoms with E-state index in [4.69, 9.17) is 14.6 Å². The van der Waals surface area contributed by atoms with Crippen LogP contribution in [0.5, 0.6) is 11.5 Å². The lowest BCUT2D eigenvalue weighted by atomic mass is 10.3. The molecule has 0 aliphatic heterocycles. The molecule has 0 aliphatic carbocycles. The Morgan fingerprint density at radius 3 is 2.47 bits per heavy atom. The van der Waals surface area contributed by atoms with E-state index in [9.17, 15) is 4.21 Å². The van der Waals surface area contributed by atoms with Gasteiger partial charge in [0, 0.05) is 23.3 Å². The van der Waals surface area contributed by atoms with Crippen molar-refractivity contribution in [1.82, 2.24) is 0 Å². The highest BCUT2D eigenvalue weighted by atomic mass is 32.2. The van der Waals surface area contributed by atoms with Crippen molar-refractivity contribution in [2.24, 2.45) is 0 Å². The van der Waals surface area contributed by atoms with Gasteiger partial charge < -0.3 is 14.6 Å². The minimum Gasteiger partial charge on any atom is -0.493 e. The quantitative estimate of drug-likeness (QED) is 0.754. The Balaban J connectivity index is 2.74. The number of aliphatic hydroxyl groups is 1. The Hall–Kier alpha value is -1.07. The number of aliphatic hydroxyl groups excluding tert-OH is 1. The molecule has 0 saturated carbocycles. The molecule has 0 amide bonds. The molecular weight excluding hydrogens is 240 g/mol. The van der Waals surface area contributed by atoms with Gasteiger partial charge in [-0.25, -0.2) is 0 Å². The van der Waals surface area contributed by atoms with Crippen LogP contribution >= 0.6 is 0 Å². The molecule has 1 unspecified atom stereocenters. The van der Waals surface area contributed by atoms with E-state index in [2.05, 4.69) is 0 Å². The van der Waals surface area contributed by atoms with Gasteiger partial charge in [0.15, 0.2) is 11.5 Å². The first-order chi connectivity index (χ1) is 8.22. The van der Waals surface area contributed by atoms with Gasteiger partial charge in [0.25, 0.3) is 0 Å². The molecule has 0 fully saturated rings. The number of rotatable bonds is 7. The molecular formula is C12H18O4S. The van der Waals surface area contributed by atoms with Crippen molar-refractivity contribution in [2.45, 2.75) is 17.7 Å². The lowest BCUT2D eigenvalue weighted by molar-refractivity contribution is 0.287. The maximum atomic E-state index is 11.9. The van der Waals surface area contributed by atoms with Crippen LogP contribution in [-0.4, -0.2) is 35.9 Å². The third kappa shape index (κ3) is 4.02. The summed E-state index contributed by atoms with van der Waals surface area (Å²) in [6, 6.07) is 5.25. The number of benzene rings is 1. The van der Waals surface area contributed by atoms with Crippen LogP contribution in [0.15, 0.2) is 23.1 Å². The van der Waals surface area contributed by atoms with Gasteiger partial charge in [0.1, 0.15) is 0 Å². The summed E-state index contributed by atoms with van der Waals surface area (Å²) in [4.78, 5) is 0.723. The minimum atomic E-state index is -1.05. The third-order valence-electron chi connectivity index (χ3n) is 2.36. The number of hydrogen-bond acceptors (Lipinski definition) is 4. The molecule has 96 valence electrons. The lowest BCUT2D eigenvalue weighted by Crippen LogP contribution is -2.00. The van der Waals surface area contributed by atoms with Gasteiger partial charge in [-0.05, 0) is 25.0 Å². The van der Waals surface area contributed by atoms with Crippen LogP contribution in [0, 0.1) is 0 Å². The summed E-state index contributed by atoms with van der Waals surface area (Å²) in [6.07, 6.45) is 1.43. The zero-order chi connectivity index (χ0) is 12.7. The van der Waals surface area contributed by atoms with Gasteiger partial charge >= 0.3 is 0 Å². The van der Waals surface area contributed by atoms with Crippen molar-refractivity contribution >= 4 is 10.8 Å². The van der Waals surface area contributed by atoms with E-state index in [1.165, 1.54) is 0 Å². The van der Waals surface area contributed by atoms with Crippen LogP contribution in [-0.2, 0) is 10.8 Å². The molecule has 0 aromatic heterocycles. The first-order valence-electron chi connectivity index (χ1n) is 5.44. The summed E-state index contributed by atoms with van der Waals surface area (Å²) < 4.78 is 22.2. The molecule has 5 heteroatoms. The normalized spacial score (nSPS) is 12.2. The molecule has 1 aromatic carbocycles. The van der Waals surface area contributed by atoms with Crippen molar-refractivity contribution in [1.29, 1.82) is 0 Å². The molecule has 4 nitrogen and oxygen atoms in total. The van der Waals surface area contributed by atoms with E-state index < -0.39 is 10.8 Å². The lowest BCUT2D eigenvalue weighted by Gasteiger charge is -2.09. The smallest absolute Gasteiger partial charge is 0.161 e. The van der Waals surface area contributed by atoms with E-state index in [1.54, 1.807) is 32.4 Å². The van der Waals surface area contributed by atoms with Crippen molar-refractivity contribution in [3.63, 3.8) is 0 Å². The van der Waals surface area contributed by atoms with Crippen molar-refractivity contribution < 1.29 is 18.8 Å². The fourth-order valence-electron chi connectivity index (χ4n) is 1.42. The van der Waals surface area contributed by atoms with Gasteiger partial charge in [0.2, 0.25) is 0 Å². The molecule has 0 heterocycles. The monoisotopic (exact) mass is 258 g/mol. The highest BCUT2D eigenvalue weighted by molar-refractivity contribution is 7.85. The van der Waals surface area contributed by atoms with E-state index in [0.29, 0.717) is 23.7 Å². The predicted molar refractivity (Wildman–Crippen MR) is 67.1 cm³/mol. The van der Waals surface area contributed by atoms with Crippen LogP contribution in [0.3, 0.4) is 0 Å². The summed E-state index contributed by atoms with van der Waals surface area (Å²) in [5.41, 5.74) is 0. The van der Waals surface area contributed by atoms with Crippen LogP contribution in [0.4, 0.5) is 0 Å². The summed E-state index contributed by atoms with van der Waals surface area (Å²) in [6.45, 7) is 0.142. The maximum absolute atomic E-state index is 11.9. The molecule has 1 aromatic rings. The minimum absolute atomic E-state index is 0.142. The van der Waals surface area contributed by atoms with Gasteiger partial charge in [0.05, 0.1) is 25.0 Å². The molecule has 1 rings (SSSR count). The Morgan fingerprint density at radius 1 is 1.18 bits per heavy atom. The Kier molecular flexibility index (Phi) is 6.00. The van der Waals surface area contributed by atoms with Gasteiger partial charge in [-0.3, -0.25) is 4.21 Å². The fourth-order valence-corrected chi connectivity index (χ4v) is 2.58. The standard InChI is InChI=1S/C12H18O4S/c1-15-11-6-5-10(9-12(11)16-2)17(14)8-4-3-7-13/h5-6,9,13H,3-4,7-8H2,1-2H3. The summed E-state index contributed by atoms with van der Waals surface area (Å²) >= 11 is 0. The average molecular weight is 258 g/mol. The molecule has 0 bridgehead atoms. The average Bonchev–Trinajstić information content (AvgIpc) is 2.38. The maximum Gasteiger partial charge on any atom is 0.161 e. The number of hydrogen-bond donors (Lipinski definition) is 1. The van der Waals surface area contributed by atoms with E-state index in [0.717, 1.165) is 11.3 Å². The number of ether oxygens (including phenoxy) is 2. The zero-order valence-electron chi connectivity index (χ0n) is 10.1. The predicted octanol–water partition coefficient (Wildman–Crippen LogP) is 1.58. The van der Waals surface area contributed by atoms with E-state index >= 15 is 0 Å². The molecule has 1 N–H and O–H groups in total. The van der Waals surface area contributed by atoms with E-state index in [1.807, 2.05) is 0 Å². The van der Waals surface area contributed by atoms with Gasteiger partial charge in [-0.15, -0.1) is 0 Å². The van der Waals surface area contributed by atoms with Gasteiger partial charge in [-0.1, -0.05) is 0 Å². The highest BCUT2D eigenvalue weighted by Gasteiger charge is 2.09. The second-order valence-corrected chi connectivity index (χ2v) is 5.07. The summed E-state index contributed by atoms with van der Waals surface area (Å²) in [5.74, 6) is 1.76. The van der Waals surface area contributed by atoms with Crippen LogP contribution in [0.1, 0.15) is 12.8 Å². The SMILES string of the molecule is COc1ccc(S(=O)CCCCO)cc1OC. The third-order valence-corrected chi connectivity index (χ3v) is 3.79. The van der Waals surface area contributed by atoms with Gasteiger partial charge in [-0.2, -0.15) is 0 Å². The zero-order valence-corrected chi connectivity index (χ0v) is 11.0. The van der Waals surface area contributed by atoms with Crippen molar-refractivity contribution in [2.75, 3.05) is 26.6 Å². The fraction of sp³-hybridized carbons (Fsp3) is 0.500. The summed E-state index contributed by atoms with van der Waals surface area (Å²) in [7, 11) is 2.06. The Labute approximate surface area is 104 Å². The first kappa shape index (κ1) is 14.0. The summed E-state index contributed by atoms with van der Waals surface area (Å²) in [5, 5.41) is 8.66. The topological polar surface area (TPSA) is 55.8 Å². The van der Waals surface area contributed by atoms with Crippen LogP contribution in [0.2, 0.25) is 0 Å². The van der Waals surface area contributed by atoms with Crippen molar-refractivity contribution in [3.8, 4) is 11.5 Å².